The maximum Gasteiger partial charge on any atom is 0.243 e. The van der Waals surface area contributed by atoms with Gasteiger partial charge in [-0.25, -0.2) is 0 Å². The van der Waals surface area contributed by atoms with Crippen molar-refractivity contribution in [1.82, 2.24) is 20.4 Å². The Morgan fingerprint density at radius 1 is 1.03 bits per heavy atom. The van der Waals surface area contributed by atoms with Gasteiger partial charge in [-0.05, 0) is 79.4 Å². The molecule has 4 aliphatic carbocycles. The number of aromatic nitrogens is 2. The molecule has 0 aliphatic heterocycles. The topological polar surface area (TPSA) is 76.0 Å². The molecule has 0 radical (unpaired) electrons. The summed E-state index contributed by atoms with van der Waals surface area (Å²) in [6.07, 6.45) is 10.7. The Balaban J connectivity index is 1.23. The highest BCUT2D eigenvalue weighted by Crippen LogP contribution is 2.60. The number of hydrogen-bond acceptors (Lipinski definition) is 3. The molecule has 2 aromatic rings. The molecule has 4 saturated carbocycles. The Kier molecular flexibility index (Phi) is 6.02. The van der Waals surface area contributed by atoms with E-state index in [1.54, 1.807) is 6.20 Å². The molecule has 0 saturated heterocycles. The Labute approximate surface area is 196 Å². The average Bonchev–Trinajstić information content (AvgIpc) is 3.28. The van der Waals surface area contributed by atoms with Crippen LogP contribution in [0.2, 0.25) is 0 Å². The van der Waals surface area contributed by atoms with Crippen molar-refractivity contribution < 1.29 is 9.59 Å². The maximum atomic E-state index is 13.5. The van der Waals surface area contributed by atoms with Crippen LogP contribution in [0.5, 0.6) is 0 Å². The van der Waals surface area contributed by atoms with Crippen LogP contribution in [0.4, 0.5) is 0 Å². The molecule has 6 rings (SSSR count). The second kappa shape index (κ2) is 8.96. The zero-order valence-electron chi connectivity index (χ0n) is 19.8. The third-order valence-corrected chi connectivity index (χ3v) is 8.22. The third kappa shape index (κ3) is 4.57. The molecular weight excluding hydrogens is 412 g/mol. The van der Waals surface area contributed by atoms with Gasteiger partial charge in [0.2, 0.25) is 11.8 Å². The van der Waals surface area contributed by atoms with E-state index < -0.39 is 6.04 Å². The maximum absolute atomic E-state index is 13.5. The van der Waals surface area contributed by atoms with Crippen LogP contribution >= 0.6 is 0 Å². The van der Waals surface area contributed by atoms with E-state index in [0.29, 0.717) is 30.8 Å². The lowest BCUT2D eigenvalue weighted by atomic mass is 9.49. The first kappa shape index (κ1) is 22.2. The predicted molar refractivity (Wildman–Crippen MR) is 127 cm³/mol. The second-order valence-corrected chi connectivity index (χ2v) is 11.1. The molecule has 2 amide bonds. The van der Waals surface area contributed by atoms with E-state index >= 15 is 0 Å². The standard InChI is InChI=1S/C27H36N4O2/c1-18(2)24(30-26(33)27-13-19-10-20(14-27)12-21(11-19)15-27)25(32)28-16-22-6-3-4-7-23(22)17-31-9-5-8-29-31/h3-9,18-21,24H,10-17H2,1-2H3,(H,28,32)(H,30,33)/t19?,20?,21?,24-,27?/m0/s1. The van der Waals surface area contributed by atoms with Crippen molar-refractivity contribution in [2.75, 3.05) is 0 Å². The van der Waals surface area contributed by atoms with Crippen LogP contribution in [-0.2, 0) is 22.7 Å². The van der Waals surface area contributed by atoms with E-state index in [-0.39, 0.29) is 23.1 Å². The van der Waals surface area contributed by atoms with Gasteiger partial charge in [0, 0.05) is 24.4 Å². The monoisotopic (exact) mass is 448 g/mol. The van der Waals surface area contributed by atoms with E-state index in [1.165, 1.54) is 19.3 Å². The van der Waals surface area contributed by atoms with Crippen molar-refractivity contribution in [3.05, 3.63) is 53.9 Å². The van der Waals surface area contributed by atoms with Crippen LogP contribution in [0.25, 0.3) is 0 Å². The summed E-state index contributed by atoms with van der Waals surface area (Å²) in [5, 5.41) is 10.6. The zero-order chi connectivity index (χ0) is 23.0. The summed E-state index contributed by atoms with van der Waals surface area (Å²) < 4.78 is 1.88. The summed E-state index contributed by atoms with van der Waals surface area (Å²) in [7, 11) is 0. The molecule has 4 fully saturated rings. The summed E-state index contributed by atoms with van der Waals surface area (Å²) in [6.45, 7) is 5.12. The van der Waals surface area contributed by atoms with Crippen molar-refractivity contribution in [2.24, 2.45) is 29.1 Å². The molecule has 33 heavy (non-hydrogen) atoms. The van der Waals surface area contributed by atoms with E-state index in [9.17, 15) is 9.59 Å². The van der Waals surface area contributed by atoms with Gasteiger partial charge in [-0.15, -0.1) is 0 Å². The number of hydrogen-bond donors (Lipinski definition) is 2. The number of rotatable bonds is 8. The molecule has 0 unspecified atom stereocenters. The minimum Gasteiger partial charge on any atom is -0.350 e. The number of benzene rings is 1. The number of carbonyl (C=O) groups excluding carboxylic acids is 2. The number of carbonyl (C=O) groups is 2. The van der Waals surface area contributed by atoms with Gasteiger partial charge in [-0.2, -0.15) is 5.10 Å². The lowest BCUT2D eigenvalue weighted by Gasteiger charge is -2.55. The molecule has 2 N–H and O–H groups in total. The van der Waals surface area contributed by atoms with Crippen molar-refractivity contribution >= 4 is 11.8 Å². The van der Waals surface area contributed by atoms with E-state index in [0.717, 1.165) is 30.4 Å². The van der Waals surface area contributed by atoms with Gasteiger partial charge >= 0.3 is 0 Å². The summed E-state index contributed by atoms with van der Waals surface area (Å²) in [5.41, 5.74) is 1.95. The fourth-order valence-corrected chi connectivity index (χ4v) is 6.96. The van der Waals surface area contributed by atoms with Crippen molar-refractivity contribution in [3.63, 3.8) is 0 Å². The molecule has 6 heteroatoms. The average molecular weight is 449 g/mol. The summed E-state index contributed by atoms with van der Waals surface area (Å²) >= 11 is 0. The molecule has 1 aromatic heterocycles. The molecule has 1 heterocycles. The molecule has 6 nitrogen and oxygen atoms in total. The van der Waals surface area contributed by atoms with Crippen LogP contribution in [0, 0.1) is 29.1 Å². The number of nitrogens with zero attached hydrogens (tertiary/aromatic N) is 2. The quantitative estimate of drug-likeness (QED) is 0.643. The normalized spacial score (nSPS) is 28.6. The summed E-state index contributed by atoms with van der Waals surface area (Å²) in [6, 6.07) is 9.50. The van der Waals surface area contributed by atoms with Crippen molar-refractivity contribution in [2.45, 2.75) is 71.5 Å². The molecule has 4 bridgehead atoms. The molecular formula is C27H36N4O2. The first-order valence-corrected chi connectivity index (χ1v) is 12.5. The largest absolute Gasteiger partial charge is 0.350 e. The van der Waals surface area contributed by atoms with Gasteiger partial charge in [0.1, 0.15) is 6.04 Å². The number of amides is 2. The third-order valence-electron chi connectivity index (χ3n) is 8.22. The first-order chi connectivity index (χ1) is 15.9. The van der Waals surface area contributed by atoms with Crippen LogP contribution in [-0.4, -0.2) is 27.6 Å². The van der Waals surface area contributed by atoms with Crippen molar-refractivity contribution in [1.29, 1.82) is 0 Å². The molecule has 1 atom stereocenters. The van der Waals surface area contributed by atoms with Crippen molar-refractivity contribution in [3.8, 4) is 0 Å². The van der Waals surface area contributed by atoms with Gasteiger partial charge in [-0.3, -0.25) is 14.3 Å². The minimum absolute atomic E-state index is 0.0298. The van der Waals surface area contributed by atoms with Crippen LogP contribution < -0.4 is 10.6 Å². The van der Waals surface area contributed by atoms with Gasteiger partial charge in [0.15, 0.2) is 0 Å². The van der Waals surface area contributed by atoms with Crippen LogP contribution in [0.15, 0.2) is 42.7 Å². The highest BCUT2D eigenvalue weighted by molar-refractivity contribution is 5.90. The van der Waals surface area contributed by atoms with Gasteiger partial charge in [-0.1, -0.05) is 38.1 Å². The van der Waals surface area contributed by atoms with E-state index in [2.05, 4.69) is 21.8 Å². The Bertz CT molecular complexity index is 962. The first-order valence-electron chi connectivity index (χ1n) is 12.5. The molecule has 4 aliphatic rings. The Morgan fingerprint density at radius 3 is 2.24 bits per heavy atom. The molecule has 1 aromatic carbocycles. The number of nitrogens with one attached hydrogen (secondary N) is 2. The lowest BCUT2D eigenvalue weighted by Crippen LogP contribution is -2.58. The summed E-state index contributed by atoms with van der Waals surface area (Å²) in [4.78, 5) is 26.7. The van der Waals surface area contributed by atoms with Gasteiger partial charge < -0.3 is 10.6 Å². The fourth-order valence-electron chi connectivity index (χ4n) is 6.96. The van der Waals surface area contributed by atoms with Crippen LogP contribution in [0.1, 0.15) is 63.5 Å². The second-order valence-electron chi connectivity index (χ2n) is 11.1. The van der Waals surface area contributed by atoms with E-state index in [1.807, 2.05) is 49.0 Å². The minimum atomic E-state index is -0.510. The van der Waals surface area contributed by atoms with E-state index in [4.69, 9.17) is 0 Å². The SMILES string of the molecule is CC(C)[C@H](NC(=O)C12CC3CC(CC(C3)C1)C2)C(=O)NCc1ccccc1Cn1cccn1. The highest BCUT2D eigenvalue weighted by Gasteiger charge is 2.55. The Morgan fingerprint density at radius 2 is 1.67 bits per heavy atom. The fraction of sp³-hybridized carbons (Fsp3) is 0.593. The highest BCUT2D eigenvalue weighted by atomic mass is 16.2. The van der Waals surface area contributed by atoms with Gasteiger partial charge in [0.05, 0.1) is 6.54 Å². The summed E-state index contributed by atoms with van der Waals surface area (Å²) in [5.74, 6) is 2.17. The molecule has 0 spiro atoms. The zero-order valence-corrected chi connectivity index (χ0v) is 19.8. The van der Waals surface area contributed by atoms with Gasteiger partial charge in [0.25, 0.3) is 0 Å². The molecule has 176 valence electrons. The smallest absolute Gasteiger partial charge is 0.243 e. The lowest BCUT2D eigenvalue weighted by molar-refractivity contribution is -0.149. The van der Waals surface area contributed by atoms with Crippen LogP contribution in [0.3, 0.4) is 0 Å². The Hall–Kier alpha value is -2.63. The predicted octanol–water partition coefficient (Wildman–Crippen LogP) is 3.90.